The van der Waals surface area contributed by atoms with Crippen LogP contribution in [0.25, 0.3) is 0 Å². The summed E-state index contributed by atoms with van der Waals surface area (Å²) in [7, 11) is 7.75. The molecular weight excluding hydrogens is 398 g/mol. The first kappa shape index (κ1) is 22.1. The lowest BCUT2D eigenvalue weighted by Crippen LogP contribution is -2.49. The quantitative estimate of drug-likeness (QED) is 0.534. The summed E-state index contributed by atoms with van der Waals surface area (Å²) in [4.78, 5) is 16.4. The predicted octanol–water partition coefficient (Wildman–Crippen LogP) is 4.33. The SMILES string of the molecule is COc1cccc(CN(C)N2C(=O)C(CCN(C)C)(c3ccccc3)c3ccccc32)c1. The van der Waals surface area contributed by atoms with E-state index >= 15 is 0 Å². The normalized spacial score (nSPS) is 17.8. The van der Waals surface area contributed by atoms with E-state index in [-0.39, 0.29) is 5.91 Å². The van der Waals surface area contributed by atoms with Gasteiger partial charge in [-0.1, -0.05) is 60.7 Å². The fraction of sp³-hybridized carbons (Fsp3) is 0.296. The molecule has 1 unspecified atom stereocenters. The van der Waals surface area contributed by atoms with Crippen molar-refractivity contribution in [2.45, 2.75) is 18.4 Å². The van der Waals surface area contributed by atoms with Crippen molar-refractivity contribution in [3.63, 3.8) is 0 Å². The third-order valence-electron chi connectivity index (χ3n) is 6.24. The van der Waals surface area contributed by atoms with Gasteiger partial charge in [-0.05, 0) is 62.0 Å². The maximum atomic E-state index is 14.3. The second-order valence-corrected chi connectivity index (χ2v) is 8.63. The highest BCUT2D eigenvalue weighted by molar-refractivity contribution is 6.09. The van der Waals surface area contributed by atoms with Crippen LogP contribution in [0.5, 0.6) is 5.75 Å². The van der Waals surface area contributed by atoms with Crippen molar-refractivity contribution in [3.05, 3.63) is 95.6 Å². The van der Waals surface area contributed by atoms with Crippen LogP contribution in [0.3, 0.4) is 0 Å². The molecule has 1 heterocycles. The molecular formula is C27H31N3O2. The van der Waals surface area contributed by atoms with E-state index < -0.39 is 5.41 Å². The number of carbonyl (C=O) groups is 1. The highest BCUT2D eigenvalue weighted by atomic mass is 16.5. The summed E-state index contributed by atoms with van der Waals surface area (Å²) in [5, 5.41) is 3.87. The molecule has 4 rings (SSSR count). The average molecular weight is 430 g/mol. The Morgan fingerprint density at radius 3 is 2.34 bits per heavy atom. The zero-order chi connectivity index (χ0) is 22.7. The maximum Gasteiger partial charge on any atom is 0.256 e. The van der Waals surface area contributed by atoms with E-state index in [1.165, 1.54) is 0 Å². The molecule has 5 heteroatoms. The Balaban J connectivity index is 1.77. The number of hydrogen-bond acceptors (Lipinski definition) is 4. The van der Waals surface area contributed by atoms with Gasteiger partial charge in [-0.2, -0.15) is 0 Å². The van der Waals surface area contributed by atoms with Gasteiger partial charge in [-0.3, -0.25) is 4.79 Å². The summed E-state index contributed by atoms with van der Waals surface area (Å²) >= 11 is 0. The Labute approximate surface area is 190 Å². The first-order valence-corrected chi connectivity index (χ1v) is 11.0. The molecule has 1 amide bonds. The summed E-state index contributed by atoms with van der Waals surface area (Å²) in [5.74, 6) is 0.908. The minimum absolute atomic E-state index is 0.0946. The van der Waals surface area contributed by atoms with E-state index in [0.717, 1.165) is 34.7 Å². The van der Waals surface area contributed by atoms with Crippen molar-refractivity contribution in [2.24, 2.45) is 0 Å². The van der Waals surface area contributed by atoms with Gasteiger partial charge in [-0.15, -0.1) is 0 Å². The number of rotatable bonds is 8. The average Bonchev–Trinajstić information content (AvgIpc) is 3.07. The fourth-order valence-electron chi connectivity index (χ4n) is 4.65. The Morgan fingerprint density at radius 1 is 0.906 bits per heavy atom. The van der Waals surface area contributed by atoms with E-state index in [4.69, 9.17) is 4.74 Å². The van der Waals surface area contributed by atoms with E-state index in [2.05, 4.69) is 49.3 Å². The van der Waals surface area contributed by atoms with Crippen molar-refractivity contribution in [1.82, 2.24) is 9.91 Å². The molecule has 3 aromatic carbocycles. The van der Waals surface area contributed by atoms with Gasteiger partial charge < -0.3 is 9.64 Å². The van der Waals surface area contributed by atoms with E-state index in [0.29, 0.717) is 13.0 Å². The second kappa shape index (κ2) is 9.15. The van der Waals surface area contributed by atoms with Crippen LogP contribution in [0.15, 0.2) is 78.9 Å². The molecule has 1 aliphatic heterocycles. The first-order chi connectivity index (χ1) is 15.5. The molecule has 166 valence electrons. The minimum Gasteiger partial charge on any atom is -0.497 e. The number of anilines is 1. The molecule has 1 aliphatic rings. The Hall–Kier alpha value is -3.15. The topological polar surface area (TPSA) is 36.0 Å². The Morgan fingerprint density at radius 2 is 1.62 bits per heavy atom. The monoisotopic (exact) mass is 429 g/mol. The van der Waals surface area contributed by atoms with Crippen LogP contribution in [0.2, 0.25) is 0 Å². The molecule has 0 saturated carbocycles. The second-order valence-electron chi connectivity index (χ2n) is 8.63. The molecule has 0 radical (unpaired) electrons. The number of fused-ring (bicyclic) bond motifs is 1. The van der Waals surface area contributed by atoms with Crippen LogP contribution in [-0.4, -0.2) is 50.6 Å². The molecule has 0 aliphatic carbocycles. The third kappa shape index (κ3) is 3.90. The van der Waals surface area contributed by atoms with E-state index in [9.17, 15) is 4.79 Å². The third-order valence-corrected chi connectivity index (χ3v) is 6.24. The van der Waals surface area contributed by atoms with Crippen molar-refractivity contribution < 1.29 is 9.53 Å². The highest BCUT2D eigenvalue weighted by Gasteiger charge is 2.52. The molecule has 3 aromatic rings. The smallest absolute Gasteiger partial charge is 0.256 e. The molecule has 0 fully saturated rings. The number of carbonyl (C=O) groups excluding carboxylic acids is 1. The van der Waals surface area contributed by atoms with Crippen molar-refractivity contribution in [1.29, 1.82) is 0 Å². The minimum atomic E-state index is -0.717. The fourth-order valence-corrected chi connectivity index (χ4v) is 4.65. The summed E-state index contributed by atoms with van der Waals surface area (Å²) < 4.78 is 5.38. The number of benzene rings is 3. The number of ether oxygens (including phenoxy) is 1. The number of para-hydroxylation sites is 1. The van der Waals surface area contributed by atoms with Gasteiger partial charge in [0.1, 0.15) is 11.2 Å². The van der Waals surface area contributed by atoms with Gasteiger partial charge in [0.25, 0.3) is 5.91 Å². The number of methoxy groups -OCH3 is 1. The number of hydrazine groups is 1. The van der Waals surface area contributed by atoms with Gasteiger partial charge >= 0.3 is 0 Å². The summed E-state index contributed by atoms with van der Waals surface area (Å²) in [6.45, 7) is 1.40. The Kier molecular flexibility index (Phi) is 6.31. The lowest BCUT2D eigenvalue weighted by atomic mass is 9.73. The lowest BCUT2D eigenvalue weighted by molar-refractivity contribution is -0.124. The first-order valence-electron chi connectivity index (χ1n) is 11.0. The van der Waals surface area contributed by atoms with Crippen LogP contribution in [0.1, 0.15) is 23.1 Å². The number of amides is 1. The van der Waals surface area contributed by atoms with Crippen molar-refractivity contribution in [2.75, 3.05) is 39.8 Å². The van der Waals surface area contributed by atoms with Crippen LogP contribution in [0.4, 0.5) is 5.69 Å². The molecule has 0 spiro atoms. The van der Waals surface area contributed by atoms with Gasteiger partial charge in [0.05, 0.1) is 12.8 Å². The molecule has 0 aromatic heterocycles. The number of hydrogen-bond donors (Lipinski definition) is 0. The van der Waals surface area contributed by atoms with Crippen LogP contribution < -0.4 is 9.75 Å². The molecule has 32 heavy (non-hydrogen) atoms. The van der Waals surface area contributed by atoms with Gasteiger partial charge in [0.15, 0.2) is 0 Å². The highest BCUT2D eigenvalue weighted by Crippen LogP contribution is 2.48. The van der Waals surface area contributed by atoms with E-state index in [1.54, 1.807) is 7.11 Å². The Bertz CT molecular complexity index is 1080. The molecule has 1 atom stereocenters. The van der Waals surface area contributed by atoms with Gasteiger partial charge in [0, 0.05) is 13.6 Å². The summed E-state index contributed by atoms with van der Waals surface area (Å²) in [5.41, 5.74) is 3.42. The van der Waals surface area contributed by atoms with Crippen LogP contribution in [-0.2, 0) is 16.8 Å². The zero-order valence-electron chi connectivity index (χ0n) is 19.3. The summed E-state index contributed by atoms with van der Waals surface area (Å²) in [6, 6.07) is 26.4. The molecule has 5 nitrogen and oxygen atoms in total. The predicted molar refractivity (Wildman–Crippen MR) is 129 cm³/mol. The largest absolute Gasteiger partial charge is 0.497 e. The molecule has 0 bridgehead atoms. The zero-order valence-corrected chi connectivity index (χ0v) is 19.3. The maximum absolute atomic E-state index is 14.3. The van der Waals surface area contributed by atoms with E-state index in [1.807, 2.05) is 65.6 Å². The van der Waals surface area contributed by atoms with Gasteiger partial charge in [0.2, 0.25) is 0 Å². The van der Waals surface area contributed by atoms with Crippen molar-refractivity contribution >= 4 is 11.6 Å². The summed E-state index contributed by atoms with van der Waals surface area (Å²) in [6.07, 6.45) is 0.712. The van der Waals surface area contributed by atoms with Crippen LogP contribution in [0, 0.1) is 0 Å². The molecule has 0 saturated heterocycles. The van der Waals surface area contributed by atoms with Gasteiger partial charge in [-0.25, -0.2) is 10.0 Å². The van der Waals surface area contributed by atoms with Crippen molar-refractivity contribution in [3.8, 4) is 5.75 Å². The number of nitrogens with zero attached hydrogens (tertiary/aromatic N) is 3. The standard InChI is InChI=1S/C27H31N3O2/c1-28(2)18-17-27(22-12-6-5-7-13-22)24-15-8-9-16-25(24)30(26(27)31)29(3)20-21-11-10-14-23(19-21)32-4/h5-16,19H,17-18,20H2,1-4H3. The molecule has 0 N–H and O–H groups in total. The lowest BCUT2D eigenvalue weighted by Gasteiger charge is -2.33. The van der Waals surface area contributed by atoms with Crippen LogP contribution >= 0.6 is 0 Å².